The molecule has 0 aliphatic rings. The van der Waals surface area contributed by atoms with Crippen LogP contribution in [0.25, 0.3) is 98.4 Å². The third-order valence-electron chi connectivity index (χ3n) is 10.4. The highest BCUT2D eigenvalue weighted by molar-refractivity contribution is 7.77. The summed E-state index contributed by atoms with van der Waals surface area (Å²) in [6.07, 6.45) is 0. The third-order valence-corrected chi connectivity index (χ3v) is 10.4. The summed E-state index contributed by atoms with van der Waals surface area (Å²) in [5.74, 6) is 0. The highest BCUT2D eigenvalue weighted by atomic mass is 32.1. The Labute approximate surface area is 309 Å². The van der Waals surface area contributed by atoms with Crippen molar-refractivity contribution >= 4 is 66.7 Å². The van der Waals surface area contributed by atoms with Gasteiger partial charge in [-0.25, -0.2) is 0 Å². The van der Waals surface area contributed by atoms with Gasteiger partial charge in [0.2, 0.25) is 0 Å². The number of hydrogen-bond acceptors (Lipinski definition) is 2. The second-order valence-corrected chi connectivity index (χ2v) is 13.3. The third kappa shape index (κ3) is 5.50. The van der Waals surface area contributed by atoms with Crippen LogP contribution in [-0.2, 0) is 0 Å². The minimum absolute atomic E-state index is 1.22. The van der Waals surface area contributed by atoms with Gasteiger partial charge in [0.15, 0.2) is 0 Å². The molecule has 0 saturated heterocycles. The van der Waals surface area contributed by atoms with E-state index >= 15 is 0 Å². The lowest BCUT2D eigenvalue weighted by Gasteiger charge is -2.18. The second-order valence-electron chi connectivity index (χ2n) is 13.3. The van der Waals surface area contributed by atoms with Gasteiger partial charge in [-0.1, -0.05) is 170 Å². The quantitative estimate of drug-likeness (QED) is 0.140. The van der Waals surface area contributed by atoms with E-state index < -0.39 is 0 Å². The van der Waals surface area contributed by atoms with Gasteiger partial charge in [0.1, 0.15) is 0 Å². The molecule has 0 unspecified atom stereocenters. The molecule has 10 aromatic carbocycles. The first kappa shape index (κ1) is 31.8. The summed E-state index contributed by atoms with van der Waals surface area (Å²) in [7, 11) is 0. The Balaban J connectivity index is 0.00000177. The van der Waals surface area contributed by atoms with E-state index in [0.717, 1.165) is 0 Å². The summed E-state index contributed by atoms with van der Waals surface area (Å²) in [5, 5.41) is 16.8. The normalized spacial score (nSPS) is 11.3. The highest BCUT2D eigenvalue weighted by Crippen LogP contribution is 2.45. The monoisotopic (exact) mass is 681 g/mol. The number of hydrogen-bond donors (Lipinski definition) is 2. The molecule has 10 aromatic rings. The maximum absolute atomic E-state index is 4.19. The van der Waals surface area contributed by atoms with Gasteiger partial charge in [0, 0.05) is 0 Å². The average Bonchev–Trinajstić information content (AvgIpc) is 3.22. The van der Waals surface area contributed by atoms with Crippen molar-refractivity contribution in [2.75, 3.05) is 0 Å². The van der Waals surface area contributed by atoms with Crippen LogP contribution in [-0.4, -0.2) is 0 Å². The number of rotatable bonds is 4. The van der Waals surface area contributed by atoms with E-state index in [0.29, 0.717) is 0 Å². The highest BCUT2D eigenvalue weighted by Gasteiger charge is 2.17. The molecule has 10 rings (SSSR count). The number of fused-ring (bicyclic) bond motifs is 5. The lowest BCUT2D eigenvalue weighted by Crippen LogP contribution is -1.91. The van der Waals surface area contributed by atoms with E-state index in [1.165, 1.54) is 98.4 Å². The van der Waals surface area contributed by atoms with Crippen molar-refractivity contribution in [3.63, 3.8) is 0 Å². The maximum atomic E-state index is 4.19. The Morgan fingerprint density at radius 2 is 0.635 bits per heavy atom. The van der Waals surface area contributed by atoms with Gasteiger partial charge in [-0.15, -0.1) is 12.8 Å². The van der Waals surface area contributed by atoms with Crippen LogP contribution < -0.4 is 5.14 Å². The van der Waals surface area contributed by atoms with Crippen molar-refractivity contribution in [1.82, 2.24) is 0 Å². The van der Waals surface area contributed by atoms with Crippen LogP contribution in [0.2, 0.25) is 0 Å². The van der Waals surface area contributed by atoms with Crippen molar-refractivity contribution in [2.24, 2.45) is 5.14 Å². The van der Waals surface area contributed by atoms with Crippen molar-refractivity contribution in [1.29, 1.82) is 0 Å². The molecule has 0 atom stereocenters. The van der Waals surface area contributed by atoms with Crippen LogP contribution in [0.1, 0.15) is 0 Å². The van der Waals surface area contributed by atoms with Crippen molar-refractivity contribution in [2.45, 2.75) is 0 Å². The van der Waals surface area contributed by atoms with E-state index in [2.05, 4.69) is 212 Å². The first-order chi connectivity index (χ1) is 25.8. The zero-order chi connectivity index (χ0) is 35.0. The largest absolute Gasteiger partial charge is 0.281 e. The molecule has 246 valence electrons. The number of nitrogens with two attached hydrogens (primary N) is 1. The fourth-order valence-electron chi connectivity index (χ4n) is 8.02. The fraction of sp³-hybridized carbons (Fsp3) is 0. The minimum atomic E-state index is 1.22. The maximum Gasteiger partial charge on any atom is -0.00262 e. The molecule has 0 aliphatic heterocycles. The average molecular weight is 682 g/mol. The zero-order valence-corrected chi connectivity index (χ0v) is 29.4. The molecule has 0 aliphatic carbocycles. The summed E-state index contributed by atoms with van der Waals surface area (Å²) in [5.41, 5.74) is 10.0. The number of benzene rings is 10. The molecular weight excluding hydrogens is 647 g/mol. The lowest BCUT2D eigenvalue weighted by atomic mass is 9.85. The smallest absolute Gasteiger partial charge is 0.00262 e. The molecule has 1 nitrogen and oxygen atoms in total. The fourth-order valence-corrected chi connectivity index (χ4v) is 8.02. The predicted octanol–water partition coefficient (Wildman–Crippen LogP) is 13.9. The van der Waals surface area contributed by atoms with Gasteiger partial charge in [-0.3, -0.25) is 5.14 Å². The molecular formula is C50H35NS. The van der Waals surface area contributed by atoms with Gasteiger partial charge in [0.05, 0.1) is 0 Å². The first-order valence-corrected chi connectivity index (χ1v) is 18.1. The van der Waals surface area contributed by atoms with Gasteiger partial charge >= 0.3 is 0 Å². The van der Waals surface area contributed by atoms with Crippen molar-refractivity contribution in [3.8, 4) is 44.5 Å². The van der Waals surface area contributed by atoms with E-state index in [1.54, 1.807) is 0 Å². The van der Waals surface area contributed by atoms with Gasteiger partial charge in [0.25, 0.3) is 0 Å². The second kappa shape index (κ2) is 13.5. The van der Waals surface area contributed by atoms with Crippen LogP contribution >= 0.6 is 12.8 Å². The lowest BCUT2D eigenvalue weighted by molar-refractivity contribution is 1.62. The summed E-state index contributed by atoms with van der Waals surface area (Å²) >= 11 is 3.03. The first-order valence-electron chi connectivity index (χ1n) is 17.6. The predicted molar refractivity (Wildman–Crippen MR) is 229 cm³/mol. The minimum Gasteiger partial charge on any atom is -0.281 e. The molecule has 2 N–H and O–H groups in total. The van der Waals surface area contributed by atoms with Crippen LogP contribution in [0.5, 0.6) is 0 Å². The Morgan fingerprint density at radius 3 is 1.31 bits per heavy atom. The number of thiol groups is 1. The van der Waals surface area contributed by atoms with Crippen LogP contribution in [0.4, 0.5) is 0 Å². The van der Waals surface area contributed by atoms with Crippen LogP contribution in [0.3, 0.4) is 0 Å². The Morgan fingerprint density at radius 1 is 0.250 bits per heavy atom. The van der Waals surface area contributed by atoms with Gasteiger partial charge in [-0.2, -0.15) is 0 Å². The van der Waals surface area contributed by atoms with Crippen LogP contribution in [0.15, 0.2) is 194 Å². The van der Waals surface area contributed by atoms with Crippen LogP contribution in [0, 0.1) is 0 Å². The van der Waals surface area contributed by atoms with Crippen molar-refractivity contribution in [3.05, 3.63) is 194 Å². The molecule has 0 amide bonds. The van der Waals surface area contributed by atoms with Crippen molar-refractivity contribution < 1.29 is 0 Å². The summed E-state index contributed by atoms with van der Waals surface area (Å²) in [4.78, 5) is 0. The van der Waals surface area contributed by atoms with E-state index in [9.17, 15) is 0 Å². The molecule has 0 aromatic heterocycles. The molecule has 0 heterocycles. The summed E-state index contributed by atoms with van der Waals surface area (Å²) in [6, 6.07) is 71.4. The molecule has 0 bridgehead atoms. The topological polar surface area (TPSA) is 26.0 Å². The standard InChI is InChI=1S/C50H32.H3NS/c1-2-13-35-31-42(28-23-33(35)11-1)50-47-20-7-5-18-45(47)49(46-19-6-8-21-48(46)50)41-16-9-15-36(32-41)37-24-25-39-30-40(27-26-38(39)29-37)44-22-10-14-34-12-3-4-17-43(34)44;1-2/h1-32H;2H,1H2. The molecule has 0 spiro atoms. The summed E-state index contributed by atoms with van der Waals surface area (Å²) in [6.45, 7) is 0. The molecule has 2 heteroatoms. The zero-order valence-electron chi connectivity index (χ0n) is 28.5. The molecule has 52 heavy (non-hydrogen) atoms. The Bertz CT molecular complexity index is 2880. The summed E-state index contributed by atoms with van der Waals surface area (Å²) < 4.78 is 0. The van der Waals surface area contributed by atoms with Gasteiger partial charge < -0.3 is 0 Å². The molecule has 0 fully saturated rings. The van der Waals surface area contributed by atoms with Gasteiger partial charge in [-0.05, 0) is 123 Å². The van der Waals surface area contributed by atoms with E-state index in [4.69, 9.17) is 0 Å². The Hall–Kier alpha value is -6.19. The SMILES string of the molecule is NS.c1cc(-c2ccc3cc(-c4cccc5ccccc45)ccc3c2)cc(-c2c3ccccc3c(-c3ccc4ccccc4c3)c3ccccc23)c1. The molecule has 0 radical (unpaired) electrons. The Kier molecular flexibility index (Phi) is 8.25. The van der Waals surface area contributed by atoms with E-state index in [1.807, 2.05) is 0 Å². The van der Waals surface area contributed by atoms with E-state index in [-0.39, 0.29) is 0 Å². The molecule has 0 saturated carbocycles.